The van der Waals surface area contributed by atoms with E-state index in [2.05, 4.69) is 56.6 Å². The number of hydrazine groups is 1. The summed E-state index contributed by atoms with van der Waals surface area (Å²) in [5.41, 5.74) is 6.74. The monoisotopic (exact) mass is 221 g/mol. The standard InChI is InChI=1S/C13H23N3/c1-9-8-10(13(2,3)4)6-7-11(9)12(15-5)16-14/h6-8,12,15-16H,14H2,1-5H3. The molecule has 1 aromatic rings. The summed E-state index contributed by atoms with van der Waals surface area (Å²) in [4.78, 5) is 0. The van der Waals surface area contributed by atoms with Crippen LogP contribution in [0.4, 0.5) is 0 Å². The van der Waals surface area contributed by atoms with Crippen LogP contribution in [0.5, 0.6) is 0 Å². The van der Waals surface area contributed by atoms with Crippen molar-refractivity contribution in [3.63, 3.8) is 0 Å². The Morgan fingerprint density at radius 1 is 1.25 bits per heavy atom. The Morgan fingerprint density at radius 3 is 2.25 bits per heavy atom. The molecular weight excluding hydrogens is 198 g/mol. The third-order valence-corrected chi connectivity index (χ3v) is 2.90. The summed E-state index contributed by atoms with van der Waals surface area (Å²) in [5.74, 6) is 5.50. The molecule has 0 aliphatic rings. The number of nitrogens with two attached hydrogens (primary N) is 1. The molecule has 1 unspecified atom stereocenters. The minimum absolute atomic E-state index is 0.00835. The lowest BCUT2D eigenvalue weighted by molar-refractivity contribution is 0.485. The Kier molecular flexibility index (Phi) is 4.08. The number of benzene rings is 1. The molecule has 1 aromatic carbocycles. The van der Waals surface area contributed by atoms with E-state index in [1.54, 1.807) is 0 Å². The van der Waals surface area contributed by atoms with Gasteiger partial charge in [-0.05, 0) is 36.1 Å². The third-order valence-electron chi connectivity index (χ3n) is 2.90. The van der Waals surface area contributed by atoms with Crippen molar-refractivity contribution in [2.45, 2.75) is 39.3 Å². The topological polar surface area (TPSA) is 50.1 Å². The summed E-state index contributed by atoms with van der Waals surface area (Å²) in [6.07, 6.45) is 0.00835. The molecule has 0 aromatic heterocycles. The van der Waals surface area contributed by atoms with Crippen LogP contribution < -0.4 is 16.6 Å². The van der Waals surface area contributed by atoms with E-state index in [0.717, 1.165) is 0 Å². The zero-order chi connectivity index (χ0) is 12.3. The van der Waals surface area contributed by atoms with Crippen LogP contribution in [0.15, 0.2) is 18.2 Å². The molecule has 1 atom stereocenters. The molecule has 0 fully saturated rings. The molecule has 0 heterocycles. The highest BCUT2D eigenvalue weighted by Crippen LogP contribution is 2.25. The van der Waals surface area contributed by atoms with Crippen molar-refractivity contribution in [1.29, 1.82) is 0 Å². The summed E-state index contributed by atoms with van der Waals surface area (Å²) >= 11 is 0. The SMILES string of the molecule is CNC(NN)c1ccc(C(C)(C)C)cc1C. The van der Waals surface area contributed by atoms with Gasteiger partial charge in [0, 0.05) is 0 Å². The Bertz CT molecular complexity index is 349. The highest BCUT2D eigenvalue weighted by atomic mass is 15.3. The van der Waals surface area contributed by atoms with Gasteiger partial charge in [-0.3, -0.25) is 5.84 Å². The number of nitrogens with one attached hydrogen (secondary N) is 2. The minimum Gasteiger partial charge on any atom is -0.300 e. The fraction of sp³-hybridized carbons (Fsp3) is 0.538. The van der Waals surface area contributed by atoms with Gasteiger partial charge in [0.1, 0.15) is 0 Å². The molecule has 0 aliphatic heterocycles. The van der Waals surface area contributed by atoms with E-state index in [1.807, 2.05) is 7.05 Å². The first-order valence-electron chi connectivity index (χ1n) is 5.64. The third kappa shape index (κ3) is 2.82. The first-order chi connectivity index (χ1) is 7.40. The largest absolute Gasteiger partial charge is 0.300 e. The second-order valence-corrected chi connectivity index (χ2v) is 5.21. The van der Waals surface area contributed by atoms with Crippen molar-refractivity contribution in [1.82, 2.24) is 10.7 Å². The average Bonchev–Trinajstić information content (AvgIpc) is 2.20. The molecule has 3 heteroatoms. The van der Waals surface area contributed by atoms with Crippen molar-refractivity contribution < 1.29 is 0 Å². The minimum atomic E-state index is 0.00835. The van der Waals surface area contributed by atoms with Gasteiger partial charge < -0.3 is 5.32 Å². The van der Waals surface area contributed by atoms with Gasteiger partial charge in [0.15, 0.2) is 0 Å². The van der Waals surface area contributed by atoms with E-state index in [-0.39, 0.29) is 11.6 Å². The molecule has 0 amide bonds. The van der Waals surface area contributed by atoms with Crippen molar-refractivity contribution in [3.8, 4) is 0 Å². The lowest BCUT2D eigenvalue weighted by Gasteiger charge is -2.23. The van der Waals surface area contributed by atoms with Gasteiger partial charge in [-0.2, -0.15) is 0 Å². The normalized spacial score (nSPS) is 13.9. The van der Waals surface area contributed by atoms with Crippen LogP contribution in [-0.2, 0) is 5.41 Å². The molecule has 90 valence electrons. The van der Waals surface area contributed by atoms with Crippen LogP contribution >= 0.6 is 0 Å². The smallest absolute Gasteiger partial charge is 0.0961 e. The number of rotatable bonds is 3. The molecule has 16 heavy (non-hydrogen) atoms. The molecule has 0 saturated carbocycles. The maximum atomic E-state index is 5.50. The van der Waals surface area contributed by atoms with Crippen molar-refractivity contribution in [3.05, 3.63) is 34.9 Å². The molecule has 4 N–H and O–H groups in total. The Morgan fingerprint density at radius 2 is 1.88 bits per heavy atom. The highest BCUT2D eigenvalue weighted by Gasteiger charge is 2.16. The van der Waals surface area contributed by atoms with E-state index in [9.17, 15) is 0 Å². The molecule has 0 spiro atoms. The summed E-state index contributed by atoms with van der Waals surface area (Å²) in [6, 6.07) is 6.54. The summed E-state index contributed by atoms with van der Waals surface area (Å²) in [7, 11) is 1.89. The van der Waals surface area contributed by atoms with Crippen molar-refractivity contribution in [2.24, 2.45) is 5.84 Å². The fourth-order valence-electron chi connectivity index (χ4n) is 1.79. The van der Waals surface area contributed by atoms with Gasteiger partial charge in [0.2, 0.25) is 0 Å². The lowest BCUT2D eigenvalue weighted by atomic mass is 9.85. The summed E-state index contributed by atoms with van der Waals surface area (Å²) in [5, 5.41) is 3.13. The van der Waals surface area contributed by atoms with Crippen LogP contribution in [0, 0.1) is 6.92 Å². The van der Waals surface area contributed by atoms with Gasteiger partial charge in [-0.15, -0.1) is 0 Å². The Labute approximate surface area is 98.4 Å². The van der Waals surface area contributed by atoms with Crippen LogP contribution in [0.25, 0.3) is 0 Å². The molecule has 0 saturated heterocycles. The molecule has 3 nitrogen and oxygen atoms in total. The van der Waals surface area contributed by atoms with Gasteiger partial charge in [0.05, 0.1) is 6.17 Å². The van der Waals surface area contributed by atoms with E-state index in [1.165, 1.54) is 16.7 Å². The van der Waals surface area contributed by atoms with Gasteiger partial charge in [-0.25, -0.2) is 5.43 Å². The first-order valence-corrected chi connectivity index (χ1v) is 5.64. The van der Waals surface area contributed by atoms with E-state index < -0.39 is 0 Å². The van der Waals surface area contributed by atoms with Crippen molar-refractivity contribution >= 4 is 0 Å². The fourth-order valence-corrected chi connectivity index (χ4v) is 1.79. The molecule has 0 aliphatic carbocycles. The average molecular weight is 221 g/mol. The number of hydrogen-bond donors (Lipinski definition) is 3. The Balaban J connectivity index is 3.09. The molecular formula is C13H23N3. The Hall–Kier alpha value is -0.900. The predicted molar refractivity (Wildman–Crippen MR) is 69.0 cm³/mol. The number of hydrogen-bond acceptors (Lipinski definition) is 3. The van der Waals surface area contributed by atoms with E-state index >= 15 is 0 Å². The zero-order valence-electron chi connectivity index (χ0n) is 10.9. The zero-order valence-corrected chi connectivity index (χ0v) is 10.9. The lowest BCUT2D eigenvalue weighted by Crippen LogP contribution is -2.37. The maximum absolute atomic E-state index is 5.50. The molecule has 0 radical (unpaired) electrons. The predicted octanol–water partition coefficient (Wildman–Crippen LogP) is 1.97. The van der Waals surface area contributed by atoms with E-state index in [0.29, 0.717) is 0 Å². The van der Waals surface area contributed by atoms with Gasteiger partial charge in [0.25, 0.3) is 0 Å². The van der Waals surface area contributed by atoms with E-state index in [4.69, 9.17) is 5.84 Å². The second kappa shape index (κ2) is 4.95. The maximum Gasteiger partial charge on any atom is 0.0961 e. The summed E-state index contributed by atoms with van der Waals surface area (Å²) < 4.78 is 0. The van der Waals surface area contributed by atoms with Gasteiger partial charge in [-0.1, -0.05) is 39.0 Å². The first kappa shape index (κ1) is 13.2. The second-order valence-electron chi connectivity index (χ2n) is 5.21. The van der Waals surface area contributed by atoms with Gasteiger partial charge >= 0.3 is 0 Å². The number of aryl methyl sites for hydroxylation is 1. The van der Waals surface area contributed by atoms with Crippen LogP contribution in [-0.4, -0.2) is 7.05 Å². The van der Waals surface area contributed by atoms with Crippen LogP contribution in [0.2, 0.25) is 0 Å². The van der Waals surface area contributed by atoms with Crippen LogP contribution in [0.1, 0.15) is 43.6 Å². The molecule has 0 bridgehead atoms. The summed E-state index contributed by atoms with van der Waals surface area (Å²) in [6.45, 7) is 8.78. The van der Waals surface area contributed by atoms with Crippen molar-refractivity contribution in [2.75, 3.05) is 7.05 Å². The van der Waals surface area contributed by atoms with Crippen LogP contribution in [0.3, 0.4) is 0 Å². The quantitative estimate of drug-likeness (QED) is 0.415. The molecule has 1 rings (SSSR count). The highest BCUT2D eigenvalue weighted by molar-refractivity contribution is 5.35.